The normalized spacial score (nSPS) is 9.88. The van der Waals surface area contributed by atoms with Crippen molar-refractivity contribution in [1.82, 2.24) is 5.32 Å². The van der Waals surface area contributed by atoms with Gasteiger partial charge in [0.05, 0.1) is 0 Å². The highest BCUT2D eigenvalue weighted by atomic mass is 16.5. The van der Waals surface area contributed by atoms with Gasteiger partial charge in [-0.2, -0.15) is 0 Å². The lowest BCUT2D eigenvalue weighted by Gasteiger charge is -2.09. The summed E-state index contributed by atoms with van der Waals surface area (Å²) in [5.74, 6) is 0.551. The van der Waals surface area contributed by atoms with Gasteiger partial charge in [-0.1, -0.05) is 13.0 Å². The van der Waals surface area contributed by atoms with Gasteiger partial charge in [0.25, 0.3) is 5.91 Å². The van der Waals surface area contributed by atoms with Crippen molar-refractivity contribution in [1.29, 1.82) is 0 Å². The molecule has 0 aromatic heterocycles. The zero-order chi connectivity index (χ0) is 12.0. The molecule has 16 heavy (non-hydrogen) atoms. The molecule has 0 radical (unpaired) electrons. The van der Waals surface area contributed by atoms with Crippen LogP contribution >= 0.6 is 0 Å². The fourth-order valence-electron chi connectivity index (χ4n) is 1.23. The molecule has 0 fully saturated rings. The van der Waals surface area contributed by atoms with Crippen LogP contribution in [0.3, 0.4) is 0 Å². The number of anilines is 1. The fourth-order valence-corrected chi connectivity index (χ4v) is 1.23. The summed E-state index contributed by atoms with van der Waals surface area (Å²) in [7, 11) is 0. The number of ether oxygens (including phenoxy) is 1. The van der Waals surface area contributed by atoms with Crippen LogP contribution in [-0.4, -0.2) is 19.1 Å². The Hall–Kier alpha value is -1.71. The van der Waals surface area contributed by atoms with E-state index in [0.29, 0.717) is 18.0 Å². The van der Waals surface area contributed by atoms with Crippen LogP contribution in [-0.2, 0) is 4.79 Å². The molecular weight excluding hydrogens is 204 g/mol. The van der Waals surface area contributed by atoms with Crippen molar-refractivity contribution in [2.45, 2.75) is 20.3 Å². The molecule has 0 saturated carbocycles. The Labute approximate surface area is 95.8 Å². The number of aryl methyl sites for hydroxylation is 1. The van der Waals surface area contributed by atoms with Crippen LogP contribution in [0.5, 0.6) is 5.75 Å². The first kappa shape index (κ1) is 12.4. The number of hydrogen-bond acceptors (Lipinski definition) is 3. The molecule has 0 bridgehead atoms. The first-order chi connectivity index (χ1) is 7.63. The van der Waals surface area contributed by atoms with Crippen LogP contribution in [0.25, 0.3) is 0 Å². The van der Waals surface area contributed by atoms with Crippen LogP contribution in [0, 0.1) is 6.92 Å². The first-order valence-corrected chi connectivity index (χ1v) is 5.39. The minimum atomic E-state index is -0.108. The number of rotatable bonds is 5. The van der Waals surface area contributed by atoms with Gasteiger partial charge < -0.3 is 15.8 Å². The Bertz CT molecular complexity index is 364. The van der Waals surface area contributed by atoms with Crippen molar-refractivity contribution in [2.75, 3.05) is 18.9 Å². The zero-order valence-corrected chi connectivity index (χ0v) is 9.75. The number of nitrogens with one attached hydrogen (secondary N) is 1. The summed E-state index contributed by atoms with van der Waals surface area (Å²) in [5.41, 5.74) is 7.24. The zero-order valence-electron chi connectivity index (χ0n) is 9.75. The van der Waals surface area contributed by atoms with E-state index >= 15 is 0 Å². The van der Waals surface area contributed by atoms with Crippen molar-refractivity contribution < 1.29 is 9.53 Å². The van der Waals surface area contributed by atoms with Crippen LogP contribution in [0.15, 0.2) is 18.2 Å². The summed E-state index contributed by atoms with van der Waals surface area (Å²) in [6.45, 7) is 4.63. The smallest absolute Gasteiger partial charge is 0.257 e. The lowest BCUT2D eigenvalue weighted by molar-refractivity contribution is -0.123. The predicted molar refractivity (Wildman–Crippen MR) is 64.4 cm³/mol. The molecule has 88 valence electrons. The number of amides is 1. The van der Waals surface area contributed by atoms with E-state index in [-0.39, 0.29) is 12.5 Å². The van der Waals surface area contributed by atoms with E-state index in [1.807, 2.05) is 19.9 Å². The van der Waals surface area contributed by atoms with E-state index in [0.717, 1.165) is 12.0 Å². The molecular formula is C12H18N2O2. The van der Waals surface area contributed by atoms with E-state index in [1.54, 1.807) is 12.1 Å². The molecule has 4 nitrogen and oxygen atoms in total. The molecule has 0 saturated heterocycles. The molecule has 0 atom stereocenters. The van der Waals surface area contributed by atoms with Crippen LogP contribution in [0.4, 0.5) is 5.69 Å². The lowest BCUT2D eigenvalue weighted by Crippen LogP contribution is -2.29. The predicted octanol–water partition coefficient (Wildman–Crippen LogP) is 1.48. The quantitative estimate of drug-likeness (QED) is 0.742. The van der Waals surface area contributed by atoms with Gasteiger partial charge >= 0.3 is 0 Å². The highest BCUT2D eigenvalue weighted by Gasteiger charge is 2.04. The Morgan fingerprint density at radius 2 is 2.25 bits per heavy atom. The summed E-state index contributed by atoms with van der Waals surface area (Å²) < 4.78 is 5.38. The SMILES string of the molecule is CCCNC(=O)COc1cc(N)ccc1C. The van der Waals surface area contributed by atoms with E-state index in [1.165, 1.54) is 0 Å². The van der Waals surface area contributed by atoms with E-state index in [2.05, 4.69) is 5.32 Å². The van der Waals surface area contributed by atoms with Gasteiger partial charge in [-0.3, -0.25) is 4.79 Å². The molecule has 0 heterocycles. The highest BCUT2D eigenvalue weighted by Crippen LogP contribution is 2.20. The molecule has 1 aromatic carbocycles. The van der Waals surface area contributed by atoms with Gasteiger partial charge in [0, 0.05) is 18.3 Å². The Morgan fingerprint density at radius 3 is 2.94 bits per heavy atom. The molecule has 1 aromatic rings. The molecule has 3 N–H and O–H groups in total. The Morgan fingerprint density at radius 1 is 1.50 bits per heavy atom. The van der Waals surface area contributed by atoms with E-state index < -0.39 is 0 Å². The average Bonchev–Trinajstić information content (AvgIpc) is 2.27. The average molecular weight is 222 g/mol. The topological polar surface area (TPSA) is 64.3 Å². The molecule has 0 aliphatic carbocycles. The van der Waals surface area contributed by atoms with E-state index in [9.17, 15) is 4.79 Å². The Kier molecular flexibility index (Phi) is 4.64. The van der Waals surface area contributed by atoms with Crippen LogP contribution < -0.4 is 15.8 Å². The van der Waals surface area contributed by atoms with Gasteiger partial charge in [-0.25, -0.2) is 0 Å². The first-order valence-electron chi connectivity index (χ1n) is 5.39. The second-order valence-corrected chi connectivity index (χ2v) is 3.66. The van der Waals surface area contributed by atoms with Gasteiger partial charge in [-0.05, 0) is 25.0 Å². The summed E-state index contributed by atoms with van der Waals surface area (Å²) in [6.07, 6.45) is 0.920. The van der Waals surface area contributed by atoms with Crippen LogP contribution in [0.1, 0.15) is 18.9 Å². The molecule has 1 rings (SSSR count). The van der Waals surface area contributed by atoms with Crippen molar-refractivity contribution in [3.63, 3.8) is 0 Å². The number of nitrogens with two attached hydrogens (primary N) is 1. The number of carbonyl (C=O) groups excluding carboxylic acids is 1. The van der Waals surface area contributed by atoms with E-state index in [4.69, 9.17) is 10.5 Å². The molecule has 0 unspecified atom stereocenters. The Balaban J connectivity index is 2.47. The van der Waals surface area contributed by atoms with Gasteiger partial charge in [-0.15, -0.1) is 0 Å². The van der Waals surface area contributed by atoms with Crippen molar-refractivity contribution in [2.24, 2.45) is 0 Å². The summed E-state index contributed by atoms with van der Waals surface area (Å²) in [5, 5.41) is 2.74. The third-order valence-corrected chi connectivity index (χ3v) is 2.14. The monoisotopic (exact) mass is 222 g/mol. The van der Waals surface area contributed by atoms with Gasteiger partial charge in [0.2, 0.25) is 0 Å². The van der Waals surface area contributed by atoms with Gasteiger partial charge in [0.15, 0.2) is 6.61 Å². The second-order valence-electron chi connectivity index (χ2n) is 3.66. The van der Waals surface area contributed by atoms with Crippen molar-refractivity contribution in [3.8, 4) is 5.75 Å². The number of hydrogen-bond donors (Lipinski definition) is 2. The highest BCUT2D eigenvalue weighted by molar-refractivity contribution is 5.77. The summed E-state index contributed by atoms with van der Waals surface area (Å²) in [6, 6.07) is 5.40. The maximum atomic E-state index is 11.3. The fraction of sp³-hybridized carbons (Fsp3) is 0.417. The lowest BCUT2D eigenvalue weighted by atomic mass is 10.2. The van der Waals surface area contributed by atoms with Crippen molar-refractivity contribution >= 4 is 11.6 Å². The molecule has 1 amide bonds. The largest absolute Gasteiger partial charge is 0.483 e. The molecule has 0 aliphatic rings. The maximum absolute atomic E-state index is 11.3. The van der Waals surface area contributed by atoms with Gasteiger partial charge in [0.1, 0.15) is 5.75 Å². The maximum Gasteiger partial charge on any atom is 0.257 e. The molecule has 0 aliphatic heterocycles. The van der Waals surface area contributed by atoms with Crippen molar-refractivity contribution in [3.05, 3.63) is 23.8 Å². The minimum absolute atomic E-state index is 0.0320. The summed E-state index contributed by atoms with van der Waals surface area (Å²) in [4.78, 5) is 11.3. The molecule has 0 spiro atoms. The summed E-state index contributed by atoms with van der Waals surface area (Å²) >= 11 is 0. The third-order valence-electron chi connectivity index (χ3n) is 2.14. The number of nitrogen functional groups attached to an aromatic ring is 1. The van der Waals surface area contributed by atoms with Crippen LogP contribution in [0.2, 0.25) is 0 Å². The minimum Gasteiger partial charge on any atom is -0.483 e. The number of benzene rings is 1. The standard InChI is InChI=1S/C12H18N2O2/c1-3-6-14-12(15)8-16-11-7-10(13)5-4-9(11)2/h4-5,7H,3,6,8,13H2,1-2H3,(H,14,15). The second kappa shape index (κ2) is 6.00. The molecule has 4 heteroatoms. The number of carbonyl (C=O) groups is 1. The third kappa shape index (κ3) is 3.81.